The molecule has 2 heterocycles. The molecule has 0 saturated carbocycles. The Morgan fingerprint density at radius 2 is 2.05 bits per heavy atom. The van der Waals surface area contributed by atoms with Crippen molar-refractivity contribution in [2.24, 2.45) is 0 Å². The van der Waals surface area contributed by atoms with E-state index in [1.807, 2.05) is 0 Å². The van der Waals surface area contributed by atoms with Crippen LogP contribution in [0.4, 0.5) is 11.4 Å². The molecule has 0 radical (unpaired) electrons. The number of likely N-dealkylation sites (N-methyl/N-ethyl adjacent to an activating group) is 1. The maximum absolute atomic E-state index is 11.0. The van der Waals surface area contributed by atoms with Crippen LogP contribution in [-0.2, 0) is 0 Å². The number of oxazole rings is 1. The number of anilines is 1. The Bertz CT molecular complexity index is 634. The van der Waals surface area contributed by atoms with E-state index in [-0.39, 0.29) is 5.69 Å². The molecule has 2 aromatic rings. The van der Waals surface area contributed by atoms with Crippen molar-refractivity contribution in [1.82, 2.24) is 9.88 Å². The van der Waals surface area contributed by atoms with E-state index in [0.717, 1.165) is 31.9 Å². The average molecular weight is 288 g/mol. The van der Waals surface area contributed by atoms with Gasteiger partial charge in [-0.25, -0.2) is 4.98 Å². The van der Waals surface area contributed by atoms with Crippen molar-refractivity contribution in [3.63, 3.8) is 0 Å². The molecule has 1 aliphatic heterocycles. The lowest BCUT2D eigenvalue weighted by atomic mass is 10.1. The summed E-state index contributed by atoms with van der Waals surface area (Å²) in [7, 11) is 2.09. The van der Waals surface area contributed by atoms with Crippen LogP contribution in [0.2, 0.25) is 0 Å². The van der Waals surface area contributed by atoms with E-state index in [1.54, 1.807) is 12.3 Å². The van der Waals surface area contributed by atoms with Gasteiger partial charge in [-0.15, -0.1) is 0 Å². The summed E-state index contributed by atoms with van der Waals surface area (Å²) in [6, 6.07) is 4.84. The van der Waals surface area contributed by atoms with Crippen molar-refractivity contribution in [1.29, 1.82) is 0 Å². The molecule has 1 saturated heterocycles. The molecule has 0 aliphatic carbocycles. The molecule has 110 valence electrons. The molecule has 0 spiro atoms. The number of nitrogens with zero attached hydrogens (tertiary/aromatic N) is 4. The molecule has 7 heteroatoms. The number of hydrogen-bond donors (Lipinski definition) is 0. The molecule has 0 bridgehead atoms. The van der Waals surface area contributed by atoms with Crippen LogP contribution in [0.25, 0.3) is 11.5 Å². The van der Waals surface area contributed by atoms with E-state index in [9.17, 15) is 10.1 Å². The fraction of sp³-hybridized carbons (Fsp3) is 0.357. The molecule has 0 atom stereocenters. The number of nitro groups is 1. The second-order valence-electron chi connectivity index (χ2n) is 5.09. The van der Waals surface area contributed by atoms with Gasteiger partial charge in [-0.2, -0.15) is 0 Å². The smallest absolute Gasteiger partial charge is 0.270 e. The SMILES string of the molecule is CN1CCN(c2ccc([N+](=O)[O-])cc2-c2ncco2)CC1. The highest BCUT2D eigenvalue weighted by atomic mass is 16.6. The van der Waals surface area contributed by atoms with E-state index in [2.05, 4.69) is 21.8 Å². The molecule has 1 aliphatic rings. The predicted octanol–water partition coefficient (Wildman–Crippen LogP) is 2.00. The van der Waals surface area contributed by atoms with Crippen LogP contribution in [0, 0.1) is 10.1 Å². The van der Waals surface area contributed by atoms with Crippen LogP contribution >= 0.6 is 0 Å². The zero-order valence-electron chi connectivity index (χ0n) is 11.7. The first-order chi connectivity index (χ1) is 10.1. The molecule has 1 fully saturated rings. The van der Waals surface area contributed by atoms with Gasteiger partial charge in [0.05, 0.1) is 22.4 Å². The Morgan fingerprint density at radius 3 is 2.67 bits per heavy atom. The second-order valence-corrected chi connectivity index (χ2v) is 5.09. The van der Waals surface area contributed by atoms with Crippen LogP contribution in [0.1, 0.15) is 0 Å². The van der Waals surface area contributed by atoms with Crippen molar-refractivity contribution < 1.29 is 9.34 Å². The molecule has 0 N–H and O–H groups in total. The Kier molecular flexibility index (Phi) is 3.57. The van der Waals surface area contributed by atoms with Gasteiger partial charge in [-0.1, -0.05) is 0 Å². The third-order valence-electron chi connectivity index (χ3n) is 3.70. The molecule has 7 nitrogen and oxygen atoms in total. The fourth-order valence-corrected chi connectivity index (χ4v) is 2.49. The minimum absolute atomic E-state index is 0.0427. The molecular formula is C14H16N4O3. The van der Waals surface area contributed by atoms with Gasteiger partial charge < -0.3 is 14.2 Å². The molecular weight excluding hydrogens is 272 g/mol. The van der Waals surface area contributed by atoms with E-state index in [4.69, 9.17) is 4.42 Å². The van der Waals surface area contributed by atoms with Gasteiger partial charge in [0.25, 0.3) is 5.69 Å². The quantitative estimate of drug-likeness (QED) is 0.635. The summed E-state index contributed by atoms with van der Waals surface area (Å²) in [6.45, 7) is 3.67. The standard InChI is InChI=1S/C14H16N4O3/c1-16-5-7-17(8-6-16)13-3-2-11(18(19)20)10-12(13)14-15-4-9-21-14/h2-4,9-10H,5-8H2,1H3. The van der Waals surface area contributed by atoms with Gasteiger partial charge in [0, 0.05) is 38.3 Å². The van der Waals surface area contributed by atoms with Gasteiger partial charge in [-0.05, 0) is 13.1 Å². The summed E-state index contributed by atoms with van der Waals surface area (Å²) in [5.74, 6) is 0.410. The number of nitro benzene ring substituents is 1. The summed E-state index contributed by atoms with van der Waals surface area (Å²) < 4.78 is 5.34. The zero-order chi connectivity index (χ0) is 14.8. The van der Waals surface area contributed by atoms with E-state index in [0.29, 0.717) is 11.5 Å². The Morgan fingerprint density at radius 1 is 1.29 bits per heavy atom. The van der Waals surface area contributed by atoms with E-state index < -0.39 is 4.92 Å². The molecule has 1 aromatic carbocycles. The number of non-ortho nitro benzene ring substituents is 1. The maximum atomic E-state index is 11.0. The number of rotatable bonds is 3. The van der Waals surface area contributed by atoms with Crippen LogP contribution in [0.15, 0.2) is 35.1 Å². The lowest BCUT2D eigenvalue weighted by Crippen LogP contribution is -2.44. The number of benzene rings is 1. The van der Waals surface area contributed by atoms with Crippen molar-refractivity contribution in [3.05, 3.63) is 40.8 Å². The highest BCUT2D eigenvalue weighted by molar-refractivity contribution is 5.76. The van der Waals surface area contributed by atoms with Gasteiger partial charge in [0.2, 0.25) is 5.89 Å². The molecule has 3 rings (SSSR count). The monoisotopic (exact) mass is 288 g/mol. The fourth-order valence-electron chi connectivity index (χ4n) is 2.49. The number of aromatic nitrogens is 1. The maximum Gasteiger partial charge on any atom is 0.270 e. The number of piperazine rings is 1. The minimum atomic E-state index is -0.403. The number of hydrogen-bond acceptors (Lipinski definition) is 6. The van der Waals surface area contributed by atoms with Gasteiger partial charge in [0.15, 0.2) is 0 Å². The van der Waals surface area contributed by atoms with Gasteiger partial charge in [0.1, 0.15) is 6.26 Å². The predicted molar refractivity (Wildman–Crippen MR) is 78.3 cm³/mol. The van der Waals surface area contributed by atoms with Crippen LogP contribution in [-0.4, -0.2) is 48.0 Å². The van der Waals surface area contributed by atoms with Crippen molar-refractivity contribution in [2.45, 2.75) is 0 Å². The van der Waals surface area contributed by atoms with Crippen LogP contribution < -0.4 is 4.90 Å². The largest absolute Gasteiger partial charge is 0.444 e. The average Bonchev–Trinajstić information content (AvgIpc) is 3.01. The normalized spacial score (nSPS) is 16.1. The van der Waals surface area contributed by atoms with Crippen LogP contribution in [0.3, 0.4) is 0 Å². The third kappa shape index (κ3) is 2.73. The minimum Gasteiger partial charge on any atom is -0.444 e. The summed E-state index contributed by atoms with van der Waals surface area (Å²) in [4.78, 5) is 19.2. The first-order valence-electron chi connectivity index (χ1n) is 6.77. The summed E-state index contributed by atoms with van der Waals surface area (Å²) in [5.41, 5.74) is 1.64. The highest BCUT2D eigenvalue weighted by Crippen LogP contribution is 2.33. The van der Waals surface area contributed by atoms with Crippen molar-refractivity contribution in [2.75, 3.05) is 38.1 Å². The zero-order valence-corrected chi connectivity index (χ0v) is 11.7. The second kappa shape index (κ2) is 5.53. The van der Waals surface area contributed by atoms with Crippen LogP contribution in [0.5, 0.6) is 0 Å². The Balaban J connectivity index is 2.01. The molecule has 0 unspecified atom stereocenters. The third-order valence-corrected chi connectivity index (χ3v) is 3.70. The summed E-state index contributed by atoms with van der Waals surface area (Å²) in [5, 5.41) is 11.0. The van der Waals surface area contributed by atoms with E-state index >= 15 is 0 Å². The first-order valence-corrected chi connectivity index (χ1v) is 6.77. The summed E-state index contributed by atoms with van der Waals surface area (Å²) >= 11 is 0. The highest BCUT2D eigenvalue weighted by Gasteiger charge is 2.21. The lowest BCUT2D eigenvalue weighted by molar-refractivity contribution is -0.384. The van der Waals surface area contributed by atoms with Gasteiger partial charge in [-0.3, -0.25) is 10.1 Å². The summed E-state index contributed by atoms with van der Waals surface area (Å²) in [6.07, 6.45) is 3.02. The van der Waals surface area contributed by atoms with Crippen molar-refractivity contribution >= 4 is 11.4 Å². The lowest BCUT2D eigenvalue weighted by Gasteiger charge is -2.34. The van der Waals surface area contributed by atoms with E-state index in [1.165, 1.54) is 18.4 Å². The van der Waals surface area contributed by atoms with Gasteiger partial charge >= 0.3 is 0 Å². The Labute approximate surface area is 121 Å². The van der Waals surface area contributed by atoms with Crippen molar-refractivity contribution in [3.8, 4) is 11.5 Å². The molecule has 21 heavy (non-hydrogen) atoms. The first kappa shape index (κ1) is 13.6. The Hall–Kier alpha value is -2.41. The molecule has 1 aromatic heterocycles. The topological polar surface area (TPSA) is 75.7 Å². The molecule has 0 amide bonds.